The van der Waals surface area contributed by atoms with Crippen molar-refractivity contribution in [2.24, 2.45) is 0 Å². The van der Waals surface area contributed by atoms with Crippen LogP contribution in [0.2, 0.25) is 0 Å². The van der Waals surface area contributed by atoms with E-state index in [1.165, 1.54) is 19.1 Å². The minimum atomic E-state index is -1.20. The van der Waals surface area contributed by atoms with Crippen LogP contribution < -0.4 is 10.6 Å². The number of aromatic hydroxyl groups is 1. The van der Waals surface area contributed by atoms with Crippen molar-refractivity contribution in [3.63, 3.8) is 0 Å². The molecule has 7 heteroatoms. The van der Waals surface area contributed by atoms with Gasteiger partial charge in [0.15, 0.2) is 6.10 Å². The molecule has 0 bridgehead atoms. The third-order valence-corrected chi connectivity index (χ3v) is 3.56. The van der Waals surface area contributed by atoms with E-state index in [9.17, 15) is 19.5 Å². The molecular weight excluding hydrogens is 336 g/mol. The first-order valence-electron chi connectivity index (χ1n) is 8.00. The maximum atomic E-state index is 12.1. The summed E-state index contributed by atoms with van der Waals surface area (Å²) in [4.78, 5) is 35.8. The first-order valence-corrected chi connectivity index (χ1v) is 8.00. The monoisotopic (exact) mass is 356 g/mol. The number of hydrogen-bond acceptors (Lipinski definition) is 5. The largest absolute Gasteiger partial charge is 0.507 e. The number of rotatable bonds is 5. The molecule has 0 spiro atoms. The fourth-order valence-electron chi connectivity index (χ4n) is 2.13. The molecule has 0 radical (unpaired) electrons. The number of urea groups is 1. The summed E-state index contributed by atoms with van der Waals surface area (Å²) in [7, 11) is 0. The van der Waals surface area contributed by atoms with E-state index in [1.54, 1.807) is 13.0 Å². The molecule has 26 heavy (non-hydrogen) atoms. The molecule has 0 aliphatic heterocycles. The zero-order valence-corrected chi connectivity index (χ0v) is 14.5. The molecule has 0 heterocycles. The Hall–Kier alpha value is -3.35. The van der Waals surface area contributed by atoms with Crippen LogP contribution in [0.25, 0.3) is 0 Å². The van der Waals surface area contributed by atoms with Crippen LogP contribution in [0.1, 0.15) is 28.4 Å². The van der Waals surface area contributed by atoms with Gasteiger partial charge in [0.05, 0.1) is 0 Å². The van der Waals surface area contributed by atoms with E-state index in [0.29, 0.717) is 0 Å². The van der Waals surface area contributed by atoms with Crippen LogP contribution in [-0.2, 0) is 16.1 Å². The molecule has 0 aliphatic rings. The van der Waals surface area contributed by atoms with Gasteiger partial charge in [-0.05, 0) is 31.5 Å². The molecule has 3 N–H and O–H groups in total. The smallest absolute Gasteiger partial charge is 0.342 e. The Bertz CT molecular complexity index is 805. The van der Waals surface area contributed by atoms with Crippen LogP contribution in [0.15, 0.2) is 48.5 Å². The second kappa shape index (κ2) is 8.66. The lowest BCUT2D eigenvalue weighted by molar-refractivity contribution is -0.127. The summed E-state index contributed by atoms with van der Waals surface area (Å²) in [6.07, 6.45) is -1.20. The molecule has 0 fully saturated rings. The van der Waals surface area contributed by atoms with Crippen molar-refractivity contribution in [3.05, 3.63) is 65.2 Å². The summed E-state index contributed by atoms with van der Waals surface area (Å²) in [5.41, 5.74) is 1.59. The molecule has 136 valence electrons. The number of carbonyl (C=O) groups is 3. The average Bonchev–Trinajstić information content (AvgIpc) is 2.62. The Morgan fingerprint density at radius 1 is 1.12 bits per heavy atom. The third-order valence-electron chi connectivity index (χ3n) is 3.56. The number of esters is 1. The van der Waals surface area contributed by atoms with E-state index in [1.807, 2.05) is 30.3 Å². The highest BCUT2D eigenvalue weighted by atomic mass is 16.5. The van der Waals surface area contributed by atoms with E-state index in [2.05, 4.69) is 10.6 Å². The molecule has 2 rings (SSSR count). The van der Waals surface area contributed by atoms with E-state index in [4.69, 9.17) is 4.74 Å². The highest BCUT2D eigenvalue weighted by Crippen LogP contribution is 2.19. The highest BCUT2D eigenvalue weighted by molar-refractivity contribution is 5.99. The zero-order valence-electron chi connectivity index (χ0n) is 14.5. The summed E-state index contributed by atoms with van der Waals surface area (Å²) in [5.74, 6) is -1.86. The standard InChI is InChI=1S/C19H20N2O5/c1-12-8-9-16(22)15(10-12)18(24)26-13(2)17(23)21-19(25)20-11-14-6-4-3-5-7-14/h3-10,13,22H,11H2,1-2H3,(H2,20,21,23,25)/t13-/m1/s1. The first-order chi connectivity index (χ1) is 12.4. The molecule has 0 unspecified atom stereocenters. The van der Waals surface area contributed by atoms with E-state index in [-0.39, 0.29) is 17.9 Å². The molecule has 1 atom stereocenters. The summed E-state index contributed by atoms with van der Waals surface area (Å²) in [6, 6.07) is 13.0. The number of benzene rings is 2. The van der Waals surface area contributed by atoms with E-state index < -0.39 is 24.0 Å². The molecule has 2 aromatic carbocycles. The summed E-state index contributed by atoms with van der Waals surface area (Å²) < 4.78 is 5.01. The number of imide groups is 1. The van der Waals surface area contributed by atoms with Gasteiger partial charge >= 0.3 is 12.0 Å². The van der Waals surface area contributed by atoms with Gasteiger partial charge in [-0.2, -0.15) is 0 Å². The van der Waals surface area contributed by atoms with Crippen molar-refractivity contribution in [1.29, 1.82) is 0 Å². The molecule has 7 nitrogen and oxygen atoms in total. The van der Waals surface area contributed by atoms with Crippen LogP contribution >= 0.6 is 0 Å². The molecule has 0 saturated carbocycles. The van der Waals surface area contributed by atoms with Gasteiger partial charge < -0.3 is 15.2 Å². The number of carbonyl (C=O) groups excluding carboxylic acids is 3. The van der Waals surface area contributed by atoms with Gasteiger partial charge in [-0.1, -0.05) is 42.0 Å². The second-order valence-corrected chi connectivity index (χ2v) is 5.73. The quantitative estimate of drug-likeness (QED) is 0.713. The molecule has 0 aliphatic carbocycles. The van der Waals surface area contributed by atoms with Crippen LogP contribution in [0.5, 0.6) is 5.75 Å². The van der Waals surface area contributed by atoms with E-state index in [0.717, 1.165) is 11.1 Å². The van der Waals surface area contributed by atoms with Crippen LogP contribution in [0.3, 0.4) is 0 Å². The maximum absolute atomic E-state index is 12.1. The Morgan fingerprint density at radius 2 is 1.81 bits per heavy atom. The zero-order chi connectivity index (χ0) is 19.1. The lowest BCUT2D eigenvalue weighted by Gasteiger charge is -2.14. The van der Waals surface area contributed by atoms with Gasteiger partial charge in [-0.25, -0.2) is 9.59 Å². The van der Waals surface area contributed by atoms with Crippen LogP contribution in [-0.4, -0.2) is 29.1 Å². The van der Waals surface area contributed by atoms with Gasteiger partial charge in [0.25, 0.3) is 5.91 Å². The van der Waals surface area contributed by atoms with Crippen molar-refractivity contribution in [2.75, 3.05) is 0 Å². The van der Waals surface area contributed by atoms with Gasteiger partial charge in [-0.15, -0.1) is 0 Å². The Balaban J connectivity index is 1.85. The maximum Gasteiger partial charge on any atom is 0.342 e. The number of aryl methyl sites for hydroxylation is 1. The summed E-state index contributed by atoms with van der Waals surface area (Å²) >= 11 is 0. The number of phenols is 1. The molecule has 0 aromatic heterocycles. The summed E-state index contributed by atoms with van der Waals surface area (Å²) in [5, 5.41) is 14.4. The van der Waals surface area contributed by atoms with Crippen molar-refractivity contribution in [3.8, 4) is 5.75 Å². The fraction of sp³-hybridized carbons (Fsp3) is 0.211. The van der Waals surface area contributed by atoms with E-state index >= 15 is 0 Å². The summed E-state index contributed by atoms with van der Waals surface area (Å²) in [6.45, 7) is 3.35. The molecule has 0 saturated heterocycles. The SMILES string of the molecule is Cc1ccc(O)c(C(=O)O[C@H](C)C(=O)NC(=O)NCc2ccccc2)c1. The Labute approximate surface area is 151 Å². The number of nitrogens with one attached hydrogen (secondary N) is 2. The number of amides is 3. The van der Waals surface area contributed by atoms with Crippen LogP contribution in [0.4, 0.5) is 4.79 Å². The van der Waals surface area contributed by atoms with Gasteiger partial charge in [0.1, 0.15) is 11.3 Å². The van der Waals surface area contributed by atoms with Crippen molar-refractivity contribution in [2.45, 2.75) is 26.5 Å². The lowest BCUT2D eigenvalue weighted by atomic mass is 10.1. The van der Waals surface area contributed by atoms with Gasteiger partial charge in [0, 0.05) is 6.54 Å². The Kier molecular flexibility index (Phi) is 6.32. The topological polar surface area (TPSA) is 105 Å². The second-order valence-electron chi connectivity index (χ2n) is 5.73. The third kappa shape index (κ3) is 5.34. The predicted octanol–water partition coefficient (Wildman–Crippen LogP) is 2.27. The normalized spacial score (nSPS) is 11.3. The van der Waals surface area contributed by atoms with Crippen molar-refractivity contribution >= 4 is 17.9 Å². The molecular formula is C19H20N2O5. The average molecular weight is 356 g/mol. The first kappa shape index (κ1) is 19.0. The minimum absolute atomic E-state index is 0.0434. The number of ether oxygens (including phenoxy) is 1. The van der Waals surface area contributed by atoms with Gasteiger partial charge in [-0.3, -0.25) is 10.1 Å². The molecule has 3 amide bonds. The Morgan fingerprint density at radius 3 is 2.50 bits per heavy atom. The number of hydrogen-bond donors (Lipinski definition) is 3. The fourth-order valence-corrected chi connectivity index (χ4v) is 2.13. The lowest BCUT2D eigenvalue weighted by Crippen LogP contribution is -2.44. The molecule has 2 aromatic rings. The highest BCUT2D eigenvalue weighted by Gasteiger charge is 2.22. The van der Waals surface area contributed by atoms with Gasteiger partial charge in [0.2, 0.25) is 0 Å². The van der Waals surface area contributed by atoms with Crippen molar-refractivity contribution < 1.29 is 24.2 Å². The predicted molar refractivity (Wildman–Crippen MR) is 94.5 cm³/mol. The number of phenolic OH excluding ortho intramolecular Hbond substituents is 1. The minimum Gasteiger partial charge on any atom is -0.507 e. The van der Waals surface area contributed by atoms with Crippen LogP contribution in [0, 0.1) is 6.92 Å². The van der Waals surface area contributed by atoms with Crippen molar-refractivity contribution in [1.82, 2.24) is 10.6 Å².